The summed E-state index contributed by atoms with van der Waals surface area (Å²) < 4.78 is 39.1. The fraction of sp³-hybridized carbons (Fsp3) is 0.694. The van der Waals surface area contributed by atoms with E-state index in [9.17, 15) is 50.8 Å². The first-order chi connectivity index (χ1) is 25.0. The Balaban J connectivity index is 1.66. The highest BCUT2D eigenvalue weighted by atomic mass is 16.7. The molecule has 1 aromatic rings. The first-order valence-electron chi connectivity index (χ1n) is 17.4. The number of benzene rings is 1. The third kappa shape index (κ3) is 10.00. The van der Waals surface area contributed by atoms with Crippen LogP contribution in [-0.2, 0) is 41.3 Å². The van der Waals surface area contributed by atoms with Gasteiger partial charge in [-0.25, -0.2) is 4.79 Å². The van der Waals surface area contributed by atoms with E-state index in [0.29, 0.717) is 11.1 Å². The second kappa shape index (κ2) is 18.8. The maximum Gasteiger partial charge on any atom is 0.338 e. The molecule has 0 aromatic heterocycles. The molecule has 15 atom stereocenters. The highest BCUT2D eigenvalue weighted by Gasteiger charge is 2.52. The monoisotopic (exact) mass is 758 g/mol. The molecule has 9 N–H and O–H groups in total. The van der Waals surface area contributed by atoms with Crippen molar-refractivity contribution in [1.82, 2.24) is 0 Å². The van der Waals surface area contributed by atoms with Gasteiger partial charge in [-0.05, 0) is 63.8 Å². The van der Waals surface area contributed by atoms with Gasteiger partial charge in [-0.3, -0.25) is 0 Å². The zero-order valence-corrected chi connectivity index (χ0v) is 30.6. The van der Waals surface area contributed by atoms with Crippen molar-refractivity contribution in [1.29, 1.82) is 0 Å². The molecule has 53 heavy (non-hydrogen) atoms. The molecule has 17 nitrogen and oxygen atoms in total. The fourth-order valence-electron chi connectivity index (χ4n) is 6.39. The van der Waals surface area contributed by atoms with Crippen molar-refractivity contribution in [3.8, 4) is 5.75 Å². The lowest BCUT2D eigenvalue weighted by atomic mass is 9.84. The quantitative estimate of drug-likeness (QED) is 0.0778. The topological polar surface area (TPSA) is 264 Å². The Kier molecular flexibility index (Phi) is 15.3. The van der Waals surface area contributed by atoms with Crippen LogP contribution in [-0.4, -0.2) is 171 Å². The van der Waals surface area contributed by atoms with E-state index in [1.165, 1.54) is 26.4 Å². The van der Waals surface area contributed by atoms with E-state index in [0.717, 1.165) is 11.1 Å². The van der Waals surface area contributed by atoms with Gasteiger partial charge in [-0.15, -0.1) is 0 Å². The van der Waals surface area contributed by atoms with E-state index < -0.39 is 105 Å². The number of carbonyl (C=O) groups excluding carboxylic acids is 1. The van der Waals surface area contributed by atoms with Crippen molar-refractivity contribution in [3.63, 3.8) is 0 Å². The number of esters is 1. The minimum absolute atomic E-state index is 0.0248. The number of aliphatic hydroxyl groups excluding tert-OH is 9. The second-order valence-electron chi connectivity index (χ2n) is 14.1. The van der Waals surface area contributed by atoms with Crippen LogP contribution in [0.1, 0.15) is 49.2 Å². The highest BCUT2D eigenvalue weighted by molar-refractivity contribution is 5.90. The normalized spacial score (nSPS) is 37.5. The Hall–Kier alpha value is -2.59. The summed E-state index contributed by atoms with van der Waals surface area (Å²) in [5.74, 6) is -0.725. The lowest BCUT2D eigenvalue weighted by molar-refractivity contribution is -0.307. The number of hydrogen-bond donors (Lipinski definition) is 9. The Labute approximate surface area is 307 Å². The number of rotatable bonds is 13. The summed E-state index contributed by atoms with van der Waals surface area (Å²) in [4.78, 5) is 13.8. The van der Waals surface area contributed by atoms with Crippen LogP contribution in [0.25, 0.3) is 0 Å². The van der Waals surface area contributed by atoms with Crippen LogP contribution in [0.3, 0.4) is 0 Å². The molecule has 2 saturated heterocycles. The summed E-state index contributed by atoms with van der Waals surface area (Å²) in [5, 5.41) is 94.7. The number of ether oxygens (including phenoxy) is 7. The maximum atomic E-state index is 13.8. The van der Waals surface area contributed by atoms with E-state index in [-0.39, 0.29) is 30.8 Å². The predicted molar refractivity (Wildman–Crippen MR) is 183 cm³/mol. The van der Waals surface area contributed by atoms with Gasteiger partial charge < -0.3 is 79.1 Å². The third-order valence-electron chi connectivity index (χ3n) is 9.53. The second-order valence-corrected chi connectivity index (χ2v) is 14.1. The van der Waals surface area contributed by atoms with Crippen LogP contribution in [0.5, 0.6) is 5.75 Å². The van der Waals surface area contributed by atoms with Crippen LogP contribution in [0.15, 0.2) is 35.4 Å². The van der Waals surface area contributed by atoms with Crippen molar-refractivity contribution < 1.29 is 83.9 Å². The first-order valence-corrected chi connectivity index (χ1v) is 17.4. The predicted octanol–water partition coefficient (Wildman–Crippen LogP) is -2.00. The largest absolute Gasteiger partial charge is 0.461 e. The average molecular weight is 759 g/mol. The van der Waals surface area contributed by atoms with Crippen LogP contribution < -0.4 is 4.74 Å². The van der Waals surface area contributed by atoms with E-state index in [1.807, 2.05) is 39.8 Å². The molecule has 2 aliphatic heterocycles. The van der Waals surface area contributed by atoms with Gasteiger partial charge in [0.1, 0.15) is 79.0 Å². The van der Waals surface area contributed by atoms with Gasteiger partial charge in [0, 0.05) is 14.2 Å². The number of allylic oxidation sites excluding steroid dienone is 4. The molecule has 1 aromatic carbocycles. The molecule has 300 valence electrons. The smallest absolute Gasteiger partial charge is 0.338 e. The molecule has 0 spiro atoms. The van der Waals surface area contributed by atoms with Crippen molar-refractivity contribution >= 4 is 5.97 Å². The molecule has 2 heterocycles. The van der Waals surface area contributed by atoms with E-state index >= 15 is 0 Å². The zero-order chi connectivity index (χ0) is 39.3. The highest BCUT2D eigenvalue weighted by Crippen LogP contribution is 2.34. The zero-order valence-electron chi connectivity index (χ0n) is 30.6. The summed E-state index contributed by atoms with van der Waals surface area (Å²) in [6, 6.07) is 2.96. The van der Waals surface area contributed by atoms with E-state index in [1.54, 1.807) is 0 Å². The SMILES string of the molecule is CO[C@H]1[C@H](O)[C@@H](O)[C@H](OC(=O)c2cc(CC=C(C)C)c(O[C@@H]3O[C@H](CO[C@@H]4OC[C@@H](O)[C@H](O)[C@H]4O)[C@@H](O)[C@H](O)[C@H]3O)c(CC=C(C)C)c2)[C@@H](OC)[C@H]1O. The number of methoxy groups -OCH3 is 2. The van der Waals surface area contributed by atoms with Gasteiger partial charge in [-0.1, -0.05) is 23.3 Å². The molecule has 17 heteroatoms. The molecule has 4 rings (SSSR count). The van der Waals surface area contributed by atoms with Gasteiger partial charge in [-0.2, -0.15) is 0 Å². The lowest BCUT2D eigenvalue weighted by Gasteiger charge is -2.43. The molecule has 0 amide bonds. The Morgan fingerprint density at radius 2 is 1.25 bits per heavy atom. The summed E-state index contributed by atoms with van der Waals surface area (Å²) in [6.45, 7) is 6.65. The molecule has 1 saturated carbocycles. The lowest BCUT2D eigenvalue weighted by Crippen LogP contribution is -2.65. The summed E-state index contributed by atoms with van der Waals surface area (Å²) in [7, 11) is 2.50. The number of carbonyl (C=O) groups is 1. The van der Waals surface area contributed by atoms with Gasteiger partial charge in [0.2, 0.25) is 6.29 Å². The number of hydrogen-bond acceptors (Lipinski definition) is 17. The van der Waals surface area contributed by atoms with Crippen molar-refractivity contribution in [2.75, 3.05) is 27.4 Å². The molecule has 3 fully saturated rings. The Morgan fingerprint density at radius 3 is 1.79 bits per heavy atom. The molecule has 3 aliphatic rings. The van der Waals surface area contributed by atoms with Gasteiger partial charge in [0.25, 0.3) is 0 Å². The van der Waals surface area contributed by atoms with Crippen molar-refractivity contribution in [3.05, 3.63) is 52.1 Å². The minimum atomic E-state index is -1.78. The molecule has 0 unspecified atom stereocenters. The molecule has 1 aliphatic carbocycles. The average Bonchev–Trinajstić information content (AvgIpc) is 3.12. The van der Waals surface area contributed by atoms with Crippen LogP contribution in [0.2, 0.25) is 0 Å². The first kappa shape index (κ1) is 43.1. The molecule has 0 radical (unpaired) electrons. The Bertz CT molecular complexity index is 1390. The van der Waals surface area contributed by atoms with E-state index in [2.05, 4.69) is 0 Å². The minimum Gasteiger partial charge on any atom is -0.461 e. The number of aliphatic hydroxyl groups is 9. The van der Waals surface area contributed by atoms with Crippen LogP contribution >= 0.6 is 0 Å². The van der Waals surface area contributed by atoms with Crippen molar-refractivity contribution in [2.24, 2.45) is 0 Å². The van der Waals surface area contributed by atoms with Crippen molar-refractivity contribution in [2.45, 2.75) is 132 Å². The van der Waals surface area contributed by atoms with Gasteiger partial charge in [0.05, 0.1) is 18.8 Å². The Morgan fingerprint density at radius 1 is 0.698 bits per heavy atom. The summed E-state index contributed by atoms with van der Waals surface area (Å²) in [6.07, 6.45) is -18.5. The van der Waals surface area contributed by atoms with Crippen LogP contribution in [0.4, 0.5) is 0 Å². The van der Waals surface area contributed by atoms with Gasteiger partial charge >= 0.3 is 5.97 Å². The standard InChI is InChI=1S/C36H54O17/c1-15(2)7-9-17-11-19(34(46)52-33-26(42)25(41)31(47-5)29(45)32(33)48-6)12-18(10-8-16(3)4)30(17)53-36-28(44)24(40)23(39)21(51-36)14-50-35-27(43)22(38)20(37)13-49-35/h7-8,11-12,20-29,31-33,35-45H,9-10,13-14H2,1-6H3/t20-,21-,22+,23-,24+,25-,26-,27-,28-,29+,31+,32+,33+,35+,36+/m1/s1. The summed E-state index contributed by atoms with van der Waals surface area (Å²) in [5.41, 5.74) is 2.73. The molecular weight excluding hydrogens is 704 g/mol. The van der Waals surface area contributed by atoms with Crippen LogP contribution in [0, 0.1) is 0 Å². The van der Waals surface area contributed by atoms with Gasteiger partial charge in [0.15, 0.2) is 12.4 Å². The fourth-order valence-corrected chi connectivity index (χ4v) is 6.39. The summed E-state index contributed by atoms with van der Waals surface area (Å²) >= 11 is 0. The third-order valence-corrected chi connectivity index (χ3v) is 9.53. The maximum absolute atomic E-state index is 13.8. The van der Waals surface area contributed by atoms with E-state index in [4.69, 9.17) is 33.2 Å². The molecule has 0 bridgehead atoms. The molecular formula is C36H54O17.